The number of hydrogen-bond acceptors (Lipinski definition) is 5. The van der Waals surface area contributed by atoms with Crippen molar-refractivity contribution in [1.82, 2.24) is 0 Å². The predicted molar refractivity (Wildman–Crippen MR) is 88.5 cm³/mol. The van der Waals surface area contributed by atoms with Gasteiger partial charge in [0.05, 0.1) is 5.71 Å². The van der Waals surface area contributed by atoms with Crippen LogP contribution in [0.1, 0.15) is 12.0 Å². The van der Waals surface area contributed by atoms with Gasteiger partial charge in [-0.15, -0.1) is 0 Å². The zero-order chi connectivity index (χ0) is 17.2. The molecule has 0 aromatic heterocycles. The Morgan fingerprint density at radius 2 is 1.84 bits per heavy atom. The molecule has 0 fully saturated rings. The van der Waals surface area contributed by atoms with Crippen molar-refractivity contribution in [2.45, 2.75) is 12.5 Å². The average molecular weight is 342 g/mol. The van der Waals surface area contributed by atoms with Crippen LogP contribution in [0.4, 0.5) is 10.1 Å². The van der Waals surface area contributed by atoms with Gasteiger partial charge in [-0.05, 0) is 29.8 Å². The smallest absolute Gasteiger partial charge is 0.268 e. The van der Waals surface area contributed by atoms with Gasteiger partial charge in [0.2, 0.25) is 6.10 Å². The van der Waals surface area contributed by atoms with Crippen molar-refractivity contribution in [1.29, 1.82) is 0 Å². The van der Waals surface area contributed by atoms with Crippen LogP contribution in [0.25, 0.3) is 0 Å². The van der Waals surface area contributed by atoms with E-state index in [4.69, 9.17) is 14.3 Å². The standard InChI is InChI=1S/C18H15FN2O4/c19-12-3-1-11(2-4-12)14-10-17(25-21-14)18(22)20-13-5-6-15-16(9-13)24-8-7-23-15/h1-6,9,17H,7-8,10H2,(H,20,22)/t17-/m0/s1. The van der Waals surface area contributed by atoms with Gasteiger partial charge in [0, 0.05) is 18.2 Å². The predicted octanol–water partition coefficient (Wildman–Crippen LogP) is 2.73. The molecule has 0 spiro atoms. The maximum Gasteiger partial charge on any atom is 0.268 e. The second-order valence-electron chi connectivity index (χ2n) is 5.69. The number of anilines is 1. The first-order valence-electron chi connectivity index (χ1n) is 7.88. The van der Waals surface area contributed by atoms with Gasteiger partial charge >= 0.3 is 0 Å². The SMILES string of the molecule is O=C(Nc1ccc2c(c1)OCCO2)[C@@H]1CC(c2ccc(F)cc2)=NO1. The Hall–Kier alpha value is -3.09. The van der Waals surface area contributed by atoms with Gasteiger partial charge in [-0.1, -0.05) is 17.3 Å². The third-order valence-electron chi connectivity index (χ3n) is 3.95. The maximum absolute atomic E-state index is 13.0. The highest BCUT2D eigenvalue weighted by molar-refractivity contribution is 6.06. The molecule has 0 bridgehead atoms. The molecule has 4 rings (SSSR count). The summed E-state index contributed by atoms with van der Waals surface area (Å²) in [7, 11) is 0. The molecular formula is C18H15FN2O4. The Kier molecular flexibility index (Phi) is 3.97. The fourth-order valence-electron chi connectivity index (χ4n) is 2.67. The van der Waals surface area contributed by atoms with Gasteiger partial charge in [-0.25, -0.2) is 4.39 Å². The van der Waals surface area contributed by atoms with E-state index in [-0.39, 0.29) is 11.7 Å². The molecule has 1 N–H and O–H groups in total. The molecule has 0 saturated carbocycles. The monoisotopic (exact) mass is 342 g/mol. The molecule has 0 unspecified atom stereocenters. The summed E-state index contributed by atoms with van der Waals surface area (Å²) in [5.74, 6) is 0.622. The molecule has 128 valence electrons. The Labute approximate surface area is 143 Å². The van der Waals surface area contributed by atoms with Crippen molar-refractivity contribution >= 4 is 17.3 Å². The van der Waals surface area contributed by atoms with Gasteiger partial charge in [0.1, 0.15) is 19.0 Å². The fourth-order valence-corrected chi connectivity index (χ4v) is 2.67. The first-order valence-corrected chi connectivity index (χ1v) is 7.88. The molecule has 6 nitrogen and oxygen atoms in total. The van der Waals surface area contributed by atoms with E-state index in [2.05, 4.69) is 10.5 Å². The number of nitrogens with zero attached hydrogens (tertiary/aromatic N) is 1. The van der Waals surface area contributed by atoms with Gasteiger partial charge in [-0.3, -0.25) is 4.79 Å². The van der Waals surface area contributed by atoms with E-state index in [1.807, 2.05) is 0 Å². The normalized spacial score (nSPS) is 18.3. The quantitative estimate of drug-likeness (QED) is 0.931. The number of halogens is 1. The number of carbonyl (C=O) groups excluding carboxylic acids is 1. The van der Waals surface area contributed by atoms with E-state index in [9.17, 15) is 9.18 Å². The fraction of sp³-hybridized carbons (Fsp3) is 0.222. The highest BCUT2D eigenvalue weighted by Crippen LogP contribution is 2.32. The number of rotatable bonds is 3. The van der Waals surface area contributed by atoms with Crippen molar-refractivity contribution in [3.8, 4) is 11.5 Å². The second-order valence-corrected chi connectivity index (χ2v) is 5.69. The summed E-state index contributed by atoms with van der Waals surface area (Å²) in [6.07, 6.45) is -0.407. The molecule has 2 aliphatic rings. The van der Waals surface area contributed by atoms with Crippen molar-refractivity contribution in [3.05, 3.63) is 53.8 Å². The van der Waals surface area contributed by atoms with Crippen molar-refractivity contribution in [3.63, 3.8) is 0 Å². The molecule has 7 heteroatoms. The molecule has 2 aromatic carbocycles. The number of oxime groups is 1. The summed E-state index contributed by atoms with van der Waals surface area (Å²) in [5, 5.41) is 6.72. The van der Waals surface area contributed by atoms with Crippen LogP contribution in [0.5, 0.6) is 11.5 Å². The lowest BCUT2D eigenvalue weighted by Crippen LogP contribution is -2.28. The van der Waals surface area contributed by atoms with E-state index in [0.29, 0.717) is 42.5 Å². The third-order valence-corrected chi connectivity index (χ3v) is 3.95. The van der Waals surface area contributed by atoms with Gasteiger partial charge < -0.3 is 19.6 Å². The minimum absolute atomic E-state index is 0.308. The van der Waals surface area contributed by atoms with Crippen LogP contribution < -0.4 is 14.8 Å². The molecular weight excluding hydrogens is 327 g/mol. The molecule has 0 radical (unpaired) electrons. The number of carbonyl (C=O) groups is 1. The zero-order valence-corrected chi connectivity index (χ0v) is 13.2. The number of amides is 1. The Morgan fingerprint density at radius 1 is 1.08 bits per heavy atom. The number of ether oxygens (including phenoxy) is 2. The van der Waals surface area contributed by atoms with Gasteiger partial charge in [0.15, 0.2) is 11.5 Å². The van der Waals surface area contributed by atoms with Crippen LogP contribution in [-0.2, 0) is 9.63 Å². The van der Waals surface area contributed by atoms with E-state index in [1.165, 1.54) is 12.1 Å². The molecule has 0 aliphatic carbocycles. The number of nitrogens with one attached hydrogen (secondary N) is 1. The number of hydrogen-bond donors (Lipinski definition) is 1. The Balaban J connectivity index is 1.40. The molecule has 2 aromatic rings. The minimum atomic E-state index is -0.728. The first kappa shape index (κ1) is 15.4. The lowest BCUT2D eigenvalue weighted by molar-refractivity contribution is -0.125. The summed E-state index contributed by atoms with van der Waals surface area (Å²) in [6.45, 7) is 0.989. The van der Waals surface area contributed by atoms with Crippen LogP contribution >= 0.6 is 0 Å². The van der Waals surface area contributed by atoms with E-state index in [1.54, 1.807) is 30.3 Å². The Morgan fingerprint density at radius 3 is 2.64 bits per heavy atom. The lowest BCUT2D eigenvalue weighted by Gasteiger charge is -2.19. The van der Waals surface area contributed by atoms with E-state index >= 15 is 0 Å². The topological polar surface area (TPSA) is 69.2 Å². The van der Waals surface area contributed by atoms with Gasteiger partial charge in [-0.2, -0.15) is 0 Å². The summed E-state index contributed by atoms with van der Waals surface area (Å²) in [5.41, 5.74) is 1.94. The molecule has 1 amide bonds. The molecule has 0 saturated heterocycles. The van der Waals surface area contributed by atoms with Crippen LogP contribution in [0.3, 0.4) is 0 Å². The summed E-state index contributed by atoms with van der Waals surface area (Å²) in [6, 6.07) is 11.1. The van der Waals surface area contributed by atoms with Crippen molar-refractivity contribution in [2.24, 2.45) is 5.16 Å². The van der Waals surface area contributed by atoms with Gasteiger partial charge in [0.25, 0.3) is 5.91 Å². The van der Waals surface area contributed by atoms with Crippen LogP contribution in [-0.4, -0.2) is 30.9 Å². The summed E-state index contributed by atoms with van der Waals surface area (Å²) < 4.78 is 23.9. The largest absolute Gasteiger partial charge is 0.486 e. The number of benzene rings is 2. The van der Waals surface area contributed by atoms with Crippen LogP contribution in [0, 0.1) is 5.82 Å². The van der Waals surface area contributed by atoms with Crippen LogP contribution in [0.15, 0.2) is 47.6 Å². The van der Waals surface area contributed by atoms with Crippen LogP contribution in [0.2, 0.25) is 0 Å². The van der Waals surface area contributed by atoms with E-state index in [0.717, 1.165) is 5.56 Å². The third kappa shape index (κ3) is 3.26. The summed E-state index contributed by atoms with van der Waals surface area (Å²) in [4.78, 5) is 17.6. The van der Waals surface area contributed by atoms with E-state index < -0.39 is 6.10 Å². The Bertz CT molecular complexity index is 835. The maximum atomic E-state index is 13.0. The van der Waals surface area contributed by atoms with Crippen molar-refractivity contribution < 1.29 is 23.5 Å². The number of fused-ring (bicyclic) bond motifs is 1. The highest BCUT2D eigenvalue weighted by atomic mass is 19.1. The molecule has 2 heterocycles. The highest BCUT2D eigenvalue weighted by Gasteiger charge is 2.29. The molecule has 25 heavy (non-hydrogen) atoms. The average Bonchev–Trinajstić information content (AvgIpc) is 3.12. The van der Waals surface area contributed by atoms with Crippen molar-refractivity contribution in [2.75, 3.05) is 18.5 Å². The summed E-state index contributed by atoms with van der Waals surface area (Å²) >= 11 is 0. The minimum Gasteiger partial charge on any atom is -0.486 e. The lowest BCUT2D eigenvalue weighted by atomic mass is 10.0. The zero-order valence-electron chi connectivity index (χ0n) is 13.2. The molecule has 1 atom stereocenters. The first-order chi connectivity index (χ1) is 12.2. The second kappa shape index (κ2) is 6.43. The molecule has 2 aliphatic heterocycles.